The smallest absolute Gasteiger partial charge is 0.00783 e. The summed E-state index contributed by atoms with van der Waals surface area (Å²) in [5.41, 5.74) is 0. The molecule has 0 saturated heterocycles. The van der Waals surface area contributed by atoms with Crippen molar-refractivity contribution in [3.63, 3.8) is 0 Å². The highest BCUT2D eigenvalue weighted by atomic mass is 32.2. The summed E-state index contributed by atoms with van der Waals surface area (Å²) in [6.45, 7) is 0. The van der Waals surface area contributed by atoms with Crippen LogP contribution in [-0.4, -0.2) is 11.5 Å². The van der Waals surface area contributed by atoms with Gasteiger partial charge in [-0.1, -0.05) is 60.7 Å². The summed E-state index contributed by atoms with van der Waals surface area (Å²) in [6, 6.07) is 30.7. The van der Waals surface area contributed by atoms with Gasteiger partial charge in [-0.2, -0.15) is 0 Å². The fourth-order valence-electron chi connectivity index (χ4n) is 2.95. The lowest BCUT2D eigenvalue weighted by atomic mass is 10.1. The van der Waals surface area contributed by atoms with Gasteiger partial charge in [-0.25, -0.2) is 0 Å². The summed E-state index contributed by atoms with van der Waals surface area (Å²) in [6.07, 6.45) is 1.22. The van der Waals surface area contributed by atoms with Crippen LogP contribution in [0.5, 0.6) is 0 Å². The van der Waals surface area contributed by atoms with Crippen LogP contribution in [0.25, 0.3) is 21.5 Å². The van der Waals surface area contributed by atoms with Gasteiger partial charge < -0.3 is 0 Å². The van der Waals surface area contributed by atoms with Gasteiger partial charge in [-0.15, -0.1) is 23.5 Å². The van der Waals surface area contributed by atoms with Crippen LogP contribution >= 0.6 is 23.5 Å². The quantitative estimate of drug-likeness (QED) is 0.262. The highest BCUT2D eigenvalue weighted by molar-refractivity contribution is 8.00. The first kappa shape index (κ1) is 16.6. The third-order valence-corrected chi connectivity index (χ3v) is 6.43. The van der Waals surface area contributed by atoms with Gasteiger partial charge in [0.1, 0.15) is 0 Å². The van der Waals surface area contributed by atoms with E-state index in [0.717, 1.165) is 0 Å². The number of rotatable bonds is 6. The lowest BCUT2D eigenvalue weighted by Gasteiger charge is -2.05. The van der Waals surface area contributed by atoms with Crippen LogP contribution in [0, 0.1) is 0 Å². The van der Waals surface area contributed by atoms with Crippen molar-refractivity contribution in [3.8, 4) is 0 Å². The third-order valence-electron chi connectivity index (χ3n) is 4.27. The molecule has 4 aromatic rings. The van der Waals surface area contributed by atoms with E-state index in [9.17, 15) is 0 Å². The van der Waals surface area contributed by atoms with E-state index in [4.69, 9.17) is 0 Å². The molecule has 0 unspecified atom stereocenters. The van der Waals surface area contributed by atoms with Crippen molar-refractivity contribution in [2.24, 2.45) is 0 Å². The Morgan fingerprint density at radius 1 is 0.480 bits per heavy atom. The molecule has 0 aliphatic rings. The molecule has 4 rings (SSSR count). The second kappa shape index (κ2) is 7.99. The fourth-order valence-corrected chi connectivity index (χ4v) is 4.93. The largest absolute Gasteiger partial charge is 0.126 e. The number of thioether (sulfide) groups is 2. The molecule has 25 heavy (non-hydrogen) atoms. The van der Waals surface area contributed by atoms with Crippen molar-refractivity contribution in [1.82, 2.24) is 0 Å². The summed E-state index contributed by atoms with van der Waals surface area (Å²) < 4.78 is 0. The number of hydrogen-bond acceptors (Lipinski definition) is 2. The van der Waals surface area contributed by atoms with E-state index in [1.165, 1.54) is 49.3 Å². The van der Waals surface area contributed by atoms with Gasteiger partial charge in [0.2, 0.25) is 0 Å². The molecule has 124 valence electrons. The van der Waals surface area contributed by atoms with Gasteiger partial charge in [0.05, 0.1) is 0 Å². The van der Waals surface area contributed by atoms with Crippen LogP contribution in [0.1, 0.15) is 6.42 Å². The first-order valence-corrected chi connectivity index (χ1v) is 10.6. The SMILES string of the molecule is c1ccc2cc(SCCCSc3ccc4ccccc4c3)ccc2c1. The average Bonchev–Trinajstić information content (AvgIpc) is 2.67. The molecule has 0 aliphatic carbocycles. The molecular formula is C23H20S2. The van der Waals surface area contributed by atoms with Gasteiger partial charge in [-0.05, 0) is 63.7 Å². The average molecular weight is 361 g/mol. The molecule has 0 saturated carbocycles. The molecule has 4 aromatic carbocycles. The van der Waals surface area contributed by atoms with Crippen LogP contribution in [0.15, 0.2) is 94.7 Å². The molecule has 0 fully saturated rings. The maximum absolute atomic E-state index is 2.30. The van der Waals surface area contributed by atoms with Gasteiger partial charge >= 0.3 is 0 Å². The van der Waals surface area contributed by atoms with Crippen molar-refractivity contribution >= 4 is 45.1 Å². The molecule has 0 N–H and O–H groups in total. The Balaban J connectivity index is 1.28. The number of fused-ring (bicyclic) bond motifs is 2. The Hall–Kier alpha value is -1.90. The Morgan fingerprint density at radius 2 is 0.920 bits per heavy atom. The molecule has 0 radical (unpaired) electrons. The topological polar surface area (TPSA) is 0 Å². The lowest BCUT2D eigenvalue weighted by molar-refractivity contribution is 1.12. The molecule has 0 aromatic heterocycles. The van der Waals surface area contributed by atoms with Crippen LogP contribution in [-0.2, 0) is 0 Å². The molecule has 0 bridgehead atoms. The minimum Gasteiger partial charge on any atom is -0.126 e. The third kappa shape index (κ3) is 4.20. The maximum Gasteiger partial charge on any atom is 0.00783 e. The van der Waals surface area contributed by atoms with Crippen LogP contribution in [0.3, 0.4) is 0 Å². The predicted octanol–water partition coefficient (Wildman–Crippen LogP) is 7.27. The highest BCUT2D eigenvalue weighted by Gasteiger charge is 2.00. The normalized spacial score (nSPS) is 11.2. The van der Waals surface area contributed by atoms with Gasteiger partial charge in [0, 0.05) is 9.79 Å². The maximum atomic E-state index is 2.30. The monoisotopic (exact) mass is 360 g/mol. The second-order valence-electron chi connectivity index (χ2n) is 6.07. The van der Waals surface area contributed by atoms with Gasteiger partial charge in [0.25, 0.3) is 0 Å². The van der Waals surface area contributed by atoms with E-state index in [-0.39, 0.29) is 0 Å². The van der Waals surface area contributed by atoms with E-state index in [1.54, 1.807) is 0 Å². The van der Waals surface area contributed by atoms with Gasteiger partial charge in [-0.3, -0.25) is 0 Å². The highest BCUT2D eigenvalue weighted by Crippen LogP contribution is 2.27. The zero-order valence-electron chi connectivity index (χ0n) is 14.0. The molecule has 0 amide bonds. The van der Waals surface area contributed by atoms with Crippen LogP contribution in [0.2, 0.25) is 0 Å². The molecule has 0 aliphatic heterocycles. The molecule has 0 nitrogen and oxygen atoms in total. The summed E-state index contributed by atoms with van der Waals surface area (Å²) in [5.74, 6) is 2.33. The summed E-state index contributed by atoms with van der Waals surface area (Å²) in [7, 11) is 0. The van der Waals surface area contributed by atoms with Gasteiger partial charge in [0.15, 0.2) is 0 Å². The Kier molecular flexibility index (Phi) is 5.29. The minimum atomic E-state index is 1.17. The second-order valence-corrected chi connectivity index (χ2v) is 8.41. The van der Waals surface area contributed by atoms with Crippen molar-refractivity contribution in [1.29, 1.82) is 0 Å². The summed E-state index contributed by atoms with van der Waals surface area (Å²) in [5, 5.41) is 5.30. The Bertz CT molecular complexity index is 910. The lowest BCUT2D eigenvalue weighted by Crippen LogP contribution is -1.85. The molecule has 0 spiro atoms. The van der Waals surface area contributed by atoms with E-state index >= 15 is 0 Å². The number of hydrogen-bond donors (Lipinski definition) is 0. The standard InChI is InChI=1S/C23H20S2/c1-3-8-20-16-22(12-10-18(20)6-1)24-14-5-15-25-23-13-11-19-7-2-4-9-21(19)17-23/h1-4,6-13,16-17H,5,14-15H2. The van der Waals surface area contributed by atoms with E-state index in [2.05, 4.69) is 84.9 Å². The molecule has 2 heteroatoms. The Labute approximate surface area is 157 Å². The summed E-state index contributed by atoms with van der Waals surface area (Å²) in [4.78, 5) is 2.74. The fraction of sp³-hybridized carbons (Fsp3) is 0.130. The van der Waals surface area contributed by atoms with Crippen molar-refractivity contribution in [3.05, 3.63) is 84.9 Å². The van der Waals surface area contributed by atoms with E-state index in [0.29, 0.717) is 0 Å². The Morgan fingerprint density at radius 3 is 1.40 bits per heavy atom. The van der Waals surface area contributed by atoms with E-state index < -0.39 is 0 Å². The first-order valence-electron chi connectivity index (χ1n) is 8.62. The minimum absolute atomic E-state index is 1.17. The summed E-state index contributed by atoms with van der Waals surface area (Å²) >= 11 is 3.92. The first-order chi connectivity index (χ1) is 12.4. The molecular weight excluding hydrogens is 340 g/mol. The predicted molar refractivity (Wildman–Crippen MR) is 114 cm³/mol. The van der Waals surface area contributed by atoms with Crippen molar-refractivity contribution in [2.45, 2.75) is 16.2 Å². The zero-order chi connectivity index (χ0) is 16.9. The number of benzene rings is 4. The van der Waals surface area contributed by atoms with Crippen molar-refractivity contribution in [2.75, 3.05) is 11.5 Å². The molecule has 0 atom stereocenters. The zero-order valence-corrected chi connectivity index (χ0v) is 15.7. The van der Waals surface area contributed by atoms with Crippen LogP contribution < -0.4 is 0 Å². The van der Waals surface area contributed by atoms with E-state index in [1.807, 2.05) is 23.5 Å². The molecule has 0 heterocycles. The van der Waals surface area contributed by atoms with Crippen LogP contribution in [0.4, 0.5) is 0 Å². The van der Waals surface area contributed by atoms with Crippen molar-refractivity contribution < 1.29 is 0 Å².